The summed E-state index contributed by atoms with van der Waals surface area (Å²) >= 11 is 4.72. The molecular formula is C16H18BrN3O3S. The van der Waals surface area contributed by atoms with Crippen LogP contribution >= 0.6 is 27.3 Å². The van der Waals surface area contributed by atoms with Gasteiger partial charge in [-0.2, -0.15) is 0 Å². The largest absolute Gasteiger partial charge is 0.465 e. The van der Waals surface area contributed by atoms with Crippen LogP contribution in [0.25, 0.3) is 10.2 Å². The monoisotopic (exact) mass is 411 g/mol. The van der Waals surface area contributed by atoms with E-state index in [1.807, 2.05) is 6.07 Å². The van der Waals surface area contributed by atoms with Gasteiger partial charge < -0.3 is 10.1 Å². The van der Waals surface area contributed by atoms with Crippen LogP contribution in [0.15, 0.2) is 14.6 Å². The summed E-state index contributed by atoms with van der Waals surface area (Å²) in [6.45, 7) is 6.17. The second-order valence-corrected chi connectivity index (χ2v) is 10.2. The molecule has 0 aromatic carbocycles. The number of likely N-dealkylation sites (tertiary alicyclic amines) is 1. The molecule has 6 nitrogen and oxygen atoms in total. The fraction of sp³-hybridized carbons (Fsp3) is 0.562. The lowest BCUT2D eigenvalue weighted by molar-refractivity contribution is 0.0640. The molecule has 2 aromatic rings. The predicted molar refractivity (Wildman–Crippen MR) is 95.4 cm³/mol. The smallest absolute Gasteiger partial charge is 0.408 e. The number of carboxylic acid groups (broad SMARTS) is 1. The van der Waals surface area contributed by atoms with Crippen LogP contribution in [-0.2, 0) is 5.54 Å². The van der Waals surface area contributed by atoms with E-state index in [1.165, 1.54) is 11.3 Å². The number of fused-ring (bicyclic) bond motifs is 2. The predicted octanol–water partition coefficient (Wildman–Crippen LogP) is 3.76. The lowest BCUT2D eigenvalue weighted by Gasteiger charge is -2.38. The fourth-order valence-electron chi connectivity index (χ4n) is 4.11. The van der Waals surface area contributed by atoms with Crippen LogP contribution in [0.4, 0.5) is 4.79 Å². The standard InChI is InChI=1S/C16H18BrN3O3S/c1-15(2,3)9-4-7-6-16(7,20(9)14(22)23)13-18-8-5-10(17)24-11(8)12(21)19-13/h5,7,9H,4,6H2,1-3H3,(H,22,23)(H,18,19,21)/t7-,9?,16+/m1/s1. The number of hydrogen-bond donors (Lipinski definition) is 2. The third kappa shape index (κ3) is 2.08. The first kappa shape index (κ1) is 16.1. The Morgan fingerprint density at radius 3 is 2.88 bits per heavy atom. The van der Waals surface area contributed by atoms with E-state index in [0.29, 0.717) is 16.0 Å². The molecule has 0 bridgehead atoms. The van der Waals surface area contributed by atoms with Gasteiger partial charge in [0.25, 0.3) is 5.56 Å². The molecule has 24 heavy (non-hydrogen) atoms. The molecule has 1 unspecified atom stereocenters. The molecule has 128 valence electrons. The van der Waals surface area contributed by atoms with Crippen molar-refractivity contribution in [2.45, 2.75) is 45.2 Å². The van der Waals surface area contributed by atoms with Crippen LogP contribution in [0.3, 0.4) is 0 Å². The SMILES string of the molecule is CC(C)(C)C1C[C@@H]2C[C@]2(c2nc3cc(Br)sc3c(=O)[nH]2)N1C(=O)O. The van der Waals surface area contributed by atoms with Crippen molar-refractivity contribution in [1.82, 2.24) is 14.9 Å². The van der Waals surface area contributed by atoms with Gasteiger partial charge in [-0.1, -0.05) is 20.8 Å². The molecule has 2 aromatic heterocycles. The topological polar surface area (TPSA) is 86.3 Å². The summed E-state index contributed by atoms with van der Waals surface area (Å²) in [6, 6.07) is 1.73. The van der Waals surface area contributed by atoms with E-state index in [2.05, 4.69) is 46.7 Å². The zero-order valence-electron chi connectivity index (χ0n) is 13.6. The number of aromatic nitrogens is 2. The molecule has 0 spiro atoms. The van der Waals surface area contributed by atoms with Gasteiger partial charge in [0.05, 0.1) is 9.30 Å². The van der Waals surface area contributed by atoms with Crippen molar-refractivity contribution in [3.8, 4) is 0 Å². The van der Waals surface area contributed by atoms with Gasteiger partial charge in [-0.15, -0.1) is 11.3 Å². The van der Waals surface area contributed by atoms with Crippen molar-refractivity contribution in [2.24, 2.45) is 11.3 Å². The first-order valence-corrected chi connectivity index (χ1v) is 9.47. The van der Waals surface area contributed by atoms with Crippen LogP contribution in [-0.4, -0.2) is 32.1 Å². The van der Waals surface area contributed by atoms with Gasteiger partial charge in [0, 0.05) is 6.04 Å². The fourth-order valence-corrected chi connectivity index (χ4v) is 5.53. The second kappa shape index (κ2) is 4.82. The van der Waals surface area contributed by atoms with E-state index < -0.39 is 11.6 Å². The number of aromatic amines is 1. The molecular weight excluding hydrogens is 394 g/mol. The average Bonchev–Trinajstić information content (AvgIpc) is 2.86. The van der Waals surface area contributed by atoms with E-state index in [1.54, 1.807) is 4.90 Å². The molecule has 1 saturated carbocycles. The number of thiophene rings is 1. The van der Waals surface area contributed by atoms with Gasteiger partial charge in [0.15, 0.2) is 0 Å². The van der Waals surface area contributed by atoms with Gasteiger partial charge in [-0.05, 0) is 46.2 Å². The minimum absolute atomic E-state index is 0.0797. The summed E-state index contributed by atoms with van der Waals surface area (Å²) < 4.78 is 1.40. The first-order chi connectivity index (χ1) is 11.1. The maximum Gasteiger partial charge on any atom is 0.408 e. The third-order valence-electron chi connectivity index (χ3n) is 5.29. The molecule has 1 amide bonds. The summed E-state index contributed by atoms with van der Waals surface area (Å²) in [5, 5.41) is 9.86. The zero-order chi connectivity index (χ0) is 17.4. The number of amides is 1. The zero-order valence-corrected chi connectivity index (χ0v) is 16.0. The van der Waals surface area contributed by atoms with Crippen LogP contribution in [0, 0.1) is 11.3 Å². The molecule has 2 fully saturated rings. The van der Waals surface area contributed by atoms with Crippen molar-refractivity contribution in [3.05, 3.63) is 26.0 Å². The number of rotatable bonds is 1. The van der Waals surface area contributed by atoms with E-state index in [9.17, 15) is 14.7 Å². The molecule has 1 aliphatic heterocycles. The molecule has 4 rings (SSSR count). The minimum atomic E-state index is -0.941. The molecule has 2 aliphatic rings. The second-order valence-electron chi connectivity index (χ2n) is 7.77. The van der Waals surface area contributed by atoms with Crippen molar-refractivity contribution >= 4 is 43.6 Å². The Hall–Kier alpha value is -1.41. The highest BCUT2D eigenvalue weighted by Crippen LogP contribution is 2.65. The van der Waals surface area contributed by atoms with Crippen LogP contribution in [0.2, 0.25) is 0 Å². The summed E-state index contributed by atoms with van der Waals surface area (Å²) in [5.74, 6) is 0.713. The number of H-pyrrole nitrogens is 1. The van der Waals surface area contributed by atoms with Crippen molar-refractivity contribution in [2.75, 3.05) is 0 Å². The van der Waals surface area contributed by atoms with Gasteiger partial charge in [0.2, 0.25) is 0 Å². The highest BCUT2D eigenvalue weighted by molar-refractivity contribution is 9.11. The Morgan fingerprint density at radius 2 is 2.25 bits per heavy atom. The molecule has 8 heteroatoms. The maximum atomic E-state index is 12.4. The molecule has 2 N–H and O–H groups in total. The third-order valence-corrected chi connectivity index (χ3v) is 6.92. The van der Waals surface area contributed by atoms with Gasteiger partial charge in [-0.3, -0.25) is 9.69 Å². The van der Waals surface area contributed by atoms with Gasteiger partial charge >= 0.3 is 6.09 Å². The molecule has 0 radical (unpaired) electrons. The van der Waals surface area contributed by atoms with E-state index >= 15 is 0 Å². The normalized spacial score (nSPS) is 29.1. The Bertz CT molecular complexity index is 915. The number of carbonyl (C=O) groups is 1. The van der Waals surface area contributed by atoms with Gasteiger partial charge in [0.1, 0.15) is 16.1 Å². The number of nitrogens with one attached hydrogen (secondary N) is 1. The summed E-state index contributed by atoms with van der Waals surface area (Å²) in [7, 11) is 0. The number of hydrogen-bond acceptors (Lipinski definition) is 4. The Morgan fingerprint density at radius 1 is 1.54 bits per heavy atom. The molecule has 3 heterocycles. The summed E-state index contributed by atoms with van der Waals surface area (Å²) in [6.07, 6.45) is 0.598. The summed E-state index contributed by atoms with van der Waals surface area (Å²) in [5.41, 5.74) is -0.411. The van der Waals surface area contributed by atoms with E-state index in [0.717, 1.165) is 16.6 Å². The lowest BCUT2D eigenvalue weighted by atomic mass is 9.84. The summed E-state index contributed by atoms with van der Waals surface area (Å²) in [4.78, 5) is 33.5. The minimum Gasteiger partial charge on any atom is -0.465 e. The Labute approximate surface area is 151 Å². The molecule has 1 saturated heterocycles. The average molecular weight is 412 g/mol. The highest BCUT2D eigenvalue weighted by Gasteiger charge is 2.71. The van der Waals surface area contributed by atoms with Crippen molar-refractivity contribution < 1.29 is 9.90 Å². The van der Waals surface area contributed by atoms with Crippen LogP contribution in [0.5, 0.6) is 0 Å². The number of halogens is 1. The first-order valence-electron chi connectivity index (χ1n) is 7.86. The van der Waals surface area contributed by atoms with Gasteiger partial charge in [-0.25, -0.2) is 9.78 Å². The van der Waals surface area contributed by atoms with E-state index in [-0.39, 0.29) is 22.9 Å². The quantitative estimate of drug-likeness (QED) is 0.747. The number of nitrogens with zero attached hydrogens (tertiary/aromatic N) is 2. The van der Waals surface area contributed by atoms with Crippen molar-refractivity contribution in [3.63, 3.8) is 0 Å². The Balaban J connectivity index is 1.87. The van der Waals surface area contributed by atoms with Crippen LogP contribution in [0.1, 0.15) is 39.4 Å². The maximum absolute atomic E-state index is 12.4. The Kier molecular flexibility index (Phi) is 3.23. The lowest BCUT2D eigenvalue weighted by Crippen LogP contribution is -2.49. The number of piperidine rings is 1. The molecule has 1 aliphatic carbocycles. The van der Waals surface area contributed by atoms with Crippen LogP contribution < -0.4 is 5.56 Å². The van der Waals surface area contributed by atoms with E-state index in [4.69, 9.17) is 0 Å². The van der Waals surface area contributed by atoms with Crippen molar-refractivity contribution in [1.29, 1.82) is 0 Å². The molecule has 3 atom stereocenters. The highest BCUT2D eigenvalue weighted by atomic mass is 79.9.